The van der Waals surface area contributed by atoms with E-state index in [-0.39, 0.29) is 16.8 Å². The van der Waals surface area contributed by atoms with Crippen LogP contribution in [0.2, 0.25) is 0 Å². The lowest BCUT2D eigenvalue weighted by Crippen LogP contribution is -2.51. The predicted octanol–water partition coefficient (Wildman–Crippen LogP) is 2.68. The lowest BCUT2D eigenvalue weighted by molar-refractivity contribution is 0.0958. The van der Waals surface area contributed by atoms with Crippen molar-refractivity contribution in [2.75, 3.05) is 19.6 Å². The van der Waals surface area contributed by atoms with Crippen molar-refractivity contribution in [3.63, 3.8) is 0 Å². The molecular formula is C21H31N3O3S. The van der Waals surface area contributed by atoms with Crippen LogP contribution in [0.3, 0.4) is 0 Å². The number of carbonyl (C=O) groups is 1. The van der Waals surface area contributed by atoms with Crippen molar-refractivity contribution >= 4 is 15.9 Å². The number of likely N-dealkylation sites (tertiary alicyclic amines) is 1. The summed E-state index contributed by atoms with van der Waals surface area (Å²) in [6.45, 7) is 5.73. The standard InChI is InChI=1S/C21H31N3O3S/c1-2-13-22-21(25)17-8-6-12-20(15-17)28(26,27)23-18-9-7-14-24(16-18)19-10-4-3-5-11-19/h2,6,8,12,15,18-19,23H,1,3-5,7,9-11,13-14,16H2,(H,22,25). The molecule has 1 aromatic carbocycles. The Balaban J connectivity index is 1.65. The van der Waals surface area contributed by atoms with E-state index in [0.717, 1.165) is 25.9 Å². The fourth-order valence-electron chi connectivity index (χ4n) is 4.24. The Morgan fingerprint density at radius 2 is 1.96 bits per heavy atom. The Labute approximate surface area is 168 Å². The van der Waals surface area contributed by atoms with Gasteiger partial charge in [-0.05, 0) is 50.4 Å². The van der Waals surface area contributed by atoms with Gasteiger partial charge in [-0.25, -0.2) is 13.1 Å². The van der Waals surface area contributed by atoms with Crippen LogP contribution in [0.15, 0.2) is 41.8 Å². The van der Waals surface area contributed by atoms with Gasteiger partial charge < -0.3 is 5.32 Å². The fraction of sp³-hybridized carbons (Fsp3) is 0.571. The summed E-state index contributed by atoms with van der Waals surface area (Å²) in [6, 6.07) is 6.70. The maximum Gasteiger partial charge on any atom is 0.251 e. The summed E-state index contributed by atoms with van der Waals surface area (Å²) >= 11 is 0. The number of hydrogen-bond donors (Lipinski definition) is 2. The molecule has 1 atom stereocenters. The van der Waals surface area contributed by atoms with Crippen molar-refractivity contribution in [3.8, 4) is 0 Å². The lowest BCUT2D eigenvalue weighted by Gasteiger charge is -2.40. The van der Waals surface area contributed by atoms with Gasteiger partial charge in [-0.15, -0.1) is 6.58 Å². The smallest absolute Gasteiger partial charge is 0.251 e. The maximum atomic E-state index is 12.9. The largest absolute Gasteiger partial charge is 0.349 e. The molecule has 1 unspecified atom stereocenters. The van der Waals surface area contributed by atoms with Crippen LogP contribution in [0.25, 0.3) is 0 Å². The number of amides is 1. The number of sulfonamides is 1. The molecule has 28 heavy (non-hydrogen) atoms. The quantitative estimate of drug-likeness (QED) is 0.684. The number of benzene rings is 1. The number of piperidine rings is 1. The minimum atomic E-state index is -3.67. The second-order valence-electron chi connectivity index (χ2n) is 7.77. The molecule has 1 aliphatic heterocycles. The molecule has 1 aromatic rings. The first-order valence-electron chi connectivity index (χ1n) is 10.2. The fourth-order valence-corrected chi connectivity index (χ4v) is 5.55. The van der Waals surface area contributed by atoms with Crippen LogP contribution < -0.4 is 10.0 Å². The van der Waals surface area contributed by atoms with Crippen molar-refractivity contribution in [1.82, 2.24) is 14.9 Å². The van der Waals surface area contributed by atoms with E-state index in [2.05, 4.69) is 21.5 Å². The third-order valence-corrected chi connectivity index (χ3v) is 7.20. The lowest BCUT2D eigenvalue weighted by atomic mass is 9.92. The topological polar surface area (TPSA) is 78.5 Å². The predicted molar refractivity (Wildman–Crippen MR) is 111 cm³/mol. The average Bonchev–Trinajstić information content (AvgIpc) is 2.72. The highest BCUT2D eigenvalue weighted by Crippen LogP contribution is 2.26. The minimum Gasteiger partial charge on any atom is -0.349 e. The van der Waals surface area contributed by atoms with Gasteiger partial charge in [-0.1, -0.05) is 31.4 Å². The first kappa shape index (κ1) is 21.0. The third-order valence-electron chi connectivity index (χ3n) is 5.68. The van der Waals surface area contributed by atoms with Crippen molar-refractivity contribution in [2.24, 2.45) is 0 Å². The van der Waals surface area contributed by atoms with Crippen LogP contribution >= 0.6 is 0 Å². The van der Waals surface area contributed by atoms with E-state index in [4.69, 9.17) is 0 Å². The SMILES string of the molecule is C=CCNC(=O)c1cccc(S(=O)(=O)NC2CCCN(C3CCCCC3)C2)c1. The van der Waals surface area contributed by atoms with Gasteiger partial charge in [0.05, 0.1) is 4.90 Å². The molecule has 7 heteroatoms. The van der Waals surface area contributed by atoms with Gasteiger partial charge in [-0.3, -0.25) is 9.69 Å². The van der Waals surface area contributed by atoms with Crippen LogP contribution in [-0.4, -0.2) is 50.9 Å². The van der Waals surface area contributed by atoms with E-state index < -0.39 is 10.0 Å². The van der Waals surface area contributed by atoms with E-state index in [1.165, 1.54) is 44.2 Å². The molecule has 2 N–H and O–H groups in total. The number of rotatable bonds is 7. The molecule has 3 rings (SSSR count). The zero-order valence-electron chi connectivity index (χ0n) is 16.4. The normalized spacial score (nSPS) is 21.9. The molecule has 2 aliphatic rings. The second-order valence-corrected chi connectivity index (χ2v) is 9.49. The van der Waals surface area contributed by atoms with E-state index in [9.17, 15) is 13.2 Å². The molecule has 1 amide bonds. The minimum absolute atomic E-state index is 0.0843. The zero-order chi connectivity index (χ0) is 20.0. The Hall–Kier alpha value is -1.70. The van der Waals surface area contributed by atoms with Crippen LogP contribution in [0.4, 0.5) is 0 Å². The number of nitrogens with zero attached hydrogens (tertiary/aromatic N) is 1. The highest BCUT2D eigenvalue weighted by atomic mass is 32.2. The van der Waals surface area contributed by atoms with Gasteiger partial charge >= 0.3 is 0 Å². The number of nitrogens with one attached hydrogen (secondary N) is 2. The Morgan fingerprint density at radius 1 is 1.18 bits per heavy atom. The Bertz CT molecular complexity index is 788. The molecule has 0 aromatic heterocycles. The van der Waals surface area contributed by atoms with Crippen molar-refractivity contribution in [3.05, 3.63) is 42.5 Å². The van der Waals surface area contributed by atoms with E-state index in [0.29, 0.717) is 18.2 Å². The Kier molecular flexibility index (Phi) is 7.26. The van der Waals surface area contributed by atoms with Gasteiger partial charge in [0, 0.05) is 30.7 Å². The second kappa shape index (κ2) is 9.67. The monoisotopic (exact) mass is 405 g/mol. The molecule has 1 saturated heterocycles. The summed E-state index contributed by atoms with van der Waals surface area (Å²) in [6.07, 6.45) is 9.76. The third kappa shape index (κ3) is 5.43. The molecule has 2 fully saturated rings. The molecular weight excluding hydrogens is 374 g/mol. The summed E-state index contributed by atoms with van der Waals surface area (Å²) < 4.78 is 28.7. The van der Waals surface area contributed by atoms with E-state index >= 15 is 0 Å². The van der Waals surface area contributed by atoms with Crippen LogP contribution in [-0.2, 0) is 10.0 Å². The summed E-state index contributed by atoms with van der Waals surface area (Å²) in [5.74, 6) is -0.307. The molecule has 1 heterocycles. The van der Waals surface area contributed by atoms with E-state index in [1.807, 2.05) is 0 Å². The molecule has 1 saturated carbocycles. The van der Waals surface area contributed by atoms with Crippen LogP contribution in [0.1, 0.15) is 55.3 Å². The average molecular weight is 406 g/mol. The summed E-state index contributed by atoms with van der Waals surface area (Å²) in [4.78, 5) is 14.7. The van der Waals surface area contributed by atoms with E-state index in [1.54, 1.807) is 18.2 Å². The maximum absolute atomic E-state index is 12.9. The Morgan fingerprint density at radius 3 is 2.71 bits per heavy atom. The van der Waals surface area contributed by atoms with Gasteiger partial charge in [-0.2, -0.15) is 0 Å². The molecule has 6 nitrogen and oxygen atoms in total. The number of carbonyl (C=O) groups excluding carboxylic acids is 1. The van der Waals surface area contributed by atoms with Crippen LogP contribution in [0.5, 0.6) is 0 Å². The summed E-state index contributed by atoms with van der Waals surface area (Å²) in [5.41, 5.74) is 0.331. The first-order valence-corrected chi connectivity index (χ1v) is 11.7. The zero-order valence-corrected chi connectivity index (χ0v) is 17.2. The summed E-state index contributed by atoms with van der Waals surface area (Å²) in [5, 5.41) is 2.67. The van der Waals surface area contributed by atoms with Gasteiger partial charge in [0.1, 0.15) is 0 Å². The first-order chi connectivity index (χ1) is 13.5. The molecule has 0 spiro atoms. The van der Waals surface area contributed by atoms with Gasteiger partial charge in [0.2, 0.25) is 10.0 Å². The van der Waals surface area contributed by atoms with Crippen LogP contribution in [0, 0.1) is 0 Å². The van der Waals surface area contributed by atoms with Gasteiger partial charge in [0.15, 0.2) is 0 Å². The highest BCUT2D eigenvalue weighted by molar-refractivity contribution is 7.89. The van der Waals surface area contributed by atoms with Crippen molar-refractivity contribution < 1.29 is 13.2 Å². The van der Waals surface area contributed by atoms with Crippen molar-refractivity contribution in [2.45, 2.75) is 61.9 Å². The summed E-state index contributed by atoms with van der Waals surface area (Å²) in [7, 11) is -3.67. The number of hydrogen-bond acceptors (Lipinski definition) is 4. The molecule has 0 radical (unpaired) electrons. The molecule has 1 aliphatic carbocycles. The highest BCUT2D eigenvalue weighted by Gasteiger charge is 2.29. The van der Waals surface area contributed by atoms with Crippen molar-refractivity contribution in [1.29, 1.82) is 0 Å². The van der Waals surface area contributed by atoms with Gasteiger partial charge in [0.25, 0.3) is 5.91 Å². The molecule has 0 bridgehead atoms. The molecule has 154 valence electrons.